The molecule has 0 unspecified atom stereocenters. The zero-order chi connectivity index (χ0) is 16.8. The number of anilines is 1. The number of rotatable bonds is 5. The Morgan fingerprint density at radius 3 is 2.39 bits per heavy atom. The first-order valence-electron chi connectivity index (χ1n) is 7.29. The van der Waals surface area contributed by atoms with Crippen molar-refractivity contribution in [2.45, 2.75) is 20.4 Å². The van der Waals surface area contributed by atoms with Gasteiger partial charge in [-0.05, 0) is 30.7 Å². The zero-order valence-corrected chi connectivity index (χ0v) is 13.5. The summed E-state index contributed by atoms with van der Waals surface area (Å²) in [4.78, 5) is 23.5. The minimum atomic E-state index is -0.222. The van der Waals surface area contributed by atoms with Crippen LogP contribution < -0.4 is 15.4 Å². The Bertz CT molecular complexity index is 709. The third kappa shape index (κ3) is 4.57. The average molecular weight is 312 g/mol. The molecule has 0 saturated carbocycles. The van der Waals surface area contributed by atoms with E-state index in [1.807, 2.05) is 31.2 Å². The summed E-state index contributed by atoms with van der Waals surface area (Å²) >= 11 is 0. The highest BCUT2D eigenvalue weighted by atomic mass is 16.5. The lowest BCUT2D eigenvalue weighted by Crippen LogP contribution is -2.23. The van der Waals surface area contributed by atoms with Gasteiger partial charge in [0.15, 0.2) is 0 Å². The second kappa shape index (κ2) is 7.45. The monoisotopic (exact) mass is 312 g/mol. The average Bonchev–Trinajstić information content (AvgIpc) is 2.53. The highest BCUT2D eigenvalue weighted by Gasteiger charge is 2.11. The van der Waals surface area contributed by atoms with E-state index in [2.05, 4.69) is 10.6 Å². The van der Waals surface area contributed by atoms with Crippen molar-refractivity contribution in [2.24, 2.45) is 0 Å². The number of carbonyl (C=O) groups excluding carboxylic acids is 2. The number of amides is 2. The van der Waals surface area contributed by atoms with Gasteiger partial charge in [0.1, 0.15) is 5.75 Å². The lowest BCUT2D eigenvalue weighted by atomic mass is 10.1. The zero-order valence-electron chi connectivity index (χ0n) is 13.5. The SMILES string of the molecule is COc1ccc(C(=O)NCc2ccc(C)cc2)cc1NC(C)=O. The highest BCUT2D eigenvalue weighted by molar-refractivity contribution is 5.97. The van der Waals surface area contributed by atoms with Gasteiger partial charge >= 0.3 is 0 Å². The first-order valence-corrected chi connectivity index (χ1v) is 7.29. The summed E-state index contributed by atoms with van der Waals surface area (Å²) in [6.07, 6.45) is 0. The Hall–Kier alpha value is -2.82. The molecule has 0 atom stereocenters. The van der Waals surface area contributed by atoms with Gasteiger partial charge in [-0.3, -0.25) is 9.59 Å². The van der Waals surface area contributed by atoms with E-state index in [9.17, 15) is 9.59 Å². The van der Waals surface area contributed by atoms with Gasteiger partial charge in [0.25, 0.3) is 5.91 Å². The molecule has 23 heavy (non-hydrogen) atoms. The second-order valence-corrected chi connectivity index (χ2v) is 5.26. The normalized spacial score (nSPS) is 10.0. The van der Waals surface area contributed by atoms with E-state index in [1.165, 1.54) is 19.6 Å². The van der Waals surface area contributed by atoms with Crippen LogP contribution in [0, 0.1) is 6.92 Å². The molecule has 0 saturated heterocycles. The van der Waals surface area contributed by atoms with Crippen LogP contribution in [0.4, 0.5) is 5.69 Å². The van der Waals surface area contributed by atoms with Crippen molar-refractivity contribution < 1.29 is 14.3 Å². The van der Waals surface area contributed by atoms with E-state index in [4.69, 9.17) is 4.74 Å². The molecule has 2 rings (SSSR count). The van der Waals surface area contributed by atoms with E-state index in [-0.39, 0.29) is 11.8 Å². The van der Waals surface area contributed by atoms with Crippen LogP contribution in [0.3, 0.4) is 0 Å². The molecule has 5 heteroatoms. The van der Waals surface area contributed by atoms with Crippen LogP contribution >= 0.6 is 0 Å². The van der Waals surface area contributed by atoms with Crippen LogP contribution in [0.15, 0.2) is 42.5 Å². The summed E-state index contributed by atoms with van der Waals surface area (Å²) < 4.78 is 5.18. The molecule has 5 nitrogen and oxygen atoms in total. The van der Waals surface area contributed by atoms with Crippen molar-refractivity contribution in [3.05, 3.63) is 59.2 Å². The summed E-state index contributed by atoms with van der Waals surface area (Å²) in [6, 6.07) is 12.9. The van der Waals surface area contributed by atoms with Gasteiger partial charge in [0.05, 0.1) is 12.8 Å². The van der Waals surface area contributed by atoms with Crippen LogP contribution in [-0.2, 0) is 11.3 Å². The first kappa shape index (κ1) is 16.5. The second-order valence-electron chi connectivity index (χ2n) is 5.26. The molecule has 0 aliphatic heterocycles. The van der Waals surface area contributed by atoms with Gasteiger partial charge in [-0.15, -0.1) is 0 Å². The van der Waals surface area contributed by atoms with E-state index < -0.39 is 0 Å². The van der Waals surface area contributed by atoms with Gasteiger partial charge in [-0.1, -0.05) is 29.8 Å². The van der Waals surface area contributed by atoms with Gasteiger partial charge in [-0.25, -0.2) is 0 Å². The number of hydrogen-bond acceptors (Lipinski definition) is 3. The number of methoxy groups -OCH3 is 1. The van der Waals surface area contributed by atoms with Crippen LogP contribution in [0.25, 0.3) is 0 Å². The predicted molar refractivity (Wildman–Crippen MR) is 89.6 cm³/mol. The van der Waals surface area contributed by atoms with E-state index in [0.29, 0.717) is 23.5 Å². The fourth-order valence-corrected chi connectivity index (χ4v) is 2.13. The molecule has 0 aliphatic rings. The Balaban J connectivity index is 2.09. The summed E-state index contributed by atoms with van der Waals surface area (Å²) in [6.45, 7) is 3.87. The number of nitrogens with one attached hydrogen (secondary N) is 2. The largest absolute Gasteiger partial charge is 0.495 e. The topological polar surface area (TPSA) is 67.4 Å². The highest BCUT2D eigenvalue weighted by Crippen LogP contribution is 2.25. The Kier molecular flexibility index (Phi) is 5.36. The van der Waals surface area contributed by atoms with Gasteiger partial charge in [0, 0.05) is 19.0 Å². The molecular formula is C18H20N2O3. The van der Waals surface area contributed by atoms with Crippen LogP contribution in [0.2, 0.25) is 0 Å². The number of benzene rings is 2. The summed E-state index contributed by atoms with van der Waals surface area (Å²) in [5.74, 6) is 0.0793. The summed E-state index contributed by atoms with van der Waals surface area (Å²) in [5, 5.41) is 5.52. The van der Waals surface area contributed by atoms with E-state index in [1.54, 1.807) is 18.2 Å². The molecule has 0 aliphatic carbocycles. The molecule has 0 aromatic heterocycles. The lowest BCUT2D eigenvalue weighted by Gasteiger charge is -2.11. The fraction of sp³-hybridized carbons (Fsp3) is 0.222. The van der Waals surface area contributed by atoms with E-state index in [0.717, 1.165) is 5.56 Å². The molecule has 0 fully saturated rings. The summed E-state index contributed by atoms with van der Waals surface area (Å²) in [7, 11) is 1.51. The fourth-order valence-electron chi connectivity index (χ4n) is 2.13. The standard InChI is InChI=1S/C18H20N2O3/c1-12-4-6-14(7-5-12)11-19-18(22)15-8-9-17(23-3)16(10-15)20-13(2)21/h4-10H,11H2,1-3H3,(H,19,22)(H,20,21). The number of carbonyl (C=O) groups is 2. The lowest BCUT2D eigenvalue weighted by molar-refractivity contribution is -0.114. The molecule has 120 valence electrons. The minimum Gasteiger partial charge on any atom is -0.495 e. The minimum absolute atomic E-state index is 0.208. The van der Waals surface area contributed by atoms with Gasteiger partial charge in [-0.2, -0.15) is 0 Å². The van der Waals surface area contributed by atoms with Crippen molar-refractivity contribution >= 4 is 17.5 Å². The van der Waals surface area contributed by atoms with Crippen molar-refractivity contribution in [3.63, 3.8) is 0 Å². The molecular weight excluding hydrogens is 292 g/mol. The van der Waals surface area contributed by atoms with Crippen LogP contribution in [0.1, 0.15) is 28.4 Å². The van der Waals surface area contributed by atoms with Gasteiger partial charge < -0.3 is 15.4 Å². The smallest absolute Gasteiger partial charge is 0.251 e. The van der Waals surface area contributed by atoms with E-state index >= 15 is 0 Å². The Labute approximate surface area is 135 Å². The number of hydrogen-bond donors (Lipinski definition) is 2. The van der Waals surface area contributed by atoms with Crippen molar-refractivity contribution in [1.82, 2.24) is 5.32 Å². The molecule has 0 radical (unpaired) electrons. The molecule has 2 aromatic carbocycles. The number of ether oxygens (including phenoxy) is 1. The van der Waals surface area contributed by atoms with Crippen LogP contribution in [-0.4, -0.2) is 18.9 Å². The maximum atomic E-state index is 12.3. The van der Waals surface area contributed by atoms with Crippen molar-refractivity contribution in [1.29, 1.82) is 0 Å². The molecule has 2 aromatic rings. The predicted octanol–water partition coefficient (Wildman–Crippen LogP) is 2.89. The maximum Gasteiger partial charge on any atom is 0.251 e. The summed E-state index contributed by atoms with van der Waals surface area (Å²) in [5.41, 5.74) is 3.14. The first-order chi connectivity index (χ1) is 11.0. The van der Waals surface area contributed by atoms with Crippen molar-refractivity contribution in [3.8, 4) is 5.75 Å². The third-order valence-corrected chi connectivity index (χ3v) is 3.35. The number of aryl methyl sites for hydroxylation is 1. The molecule has 2 N–H and O–H groups in total. The Morgan fingerprint density at radius 2 is 1.78 bits per heavy atom. The molecule has 0 heterocycles. The quantitative estimate of drug-likeness (QED) is 0.892. The molecule has 2 amide bonds. The maximum absolute atomic E-state index is 12.3. The van der Waals surface area contributed by atoms with Gasteiger partial charge in [0.2, 0.25) is 5.91 Å². The molecule has 0 bridgehead atoms. The van der Waals surface area contributed by atoms with Crippen LogP contribution in [0.5, 0.6) is 5.75 Å². The Morgan fingerprint density at radius 1 is 1.09 bits per heavy atom. The van der Waals surface area contributed by atoms with Crippen molar-refractivity contribution in [2.75, 3.05) is 12.4 Å². The molecule has 0 spiro atoms. The third-order valence-electron chi connectivity index (χ3n) is 3.35.